The Morgan fingerprint density at radius 3 is 2.82 bits per heavy atom. The average Bonchev–Trinajstić information content (AvgIpc) is 3.11. The Bertz CT molecular complexity index is 1160. The zero-order valence-electron chi connectivity index (χ0n) is 15.9. The fraction of sp³-hybridized carbons (Fsp3) is 0.286. The molecule has 0 spiro atoms. The maximum absolute atomic E-state index is 12.8. The number of carbonyl (C=O) groups excluding carboxylic acids is 1. The lowest BCUT2D eigenvalue weighted by molar-refractivity contribution is 0.0982. The molecule has 1 aliphatic rings. The van der Waals surface area contributed by atoms with Crippen molar-refractivity contribution in [2.45, 2.75) is 31.1 Å². The maximum atomic E-state index is 12.8. The predicted octanol–water partition coefficient (Wildman–Crippen LogP) is 3.50. The van der Waals surface area contributed by atoms with Gasteiger partial charge in [0, 0.05) is 24.7 Å². The van der Waals surface area contributed by atoms with E-state index >= 15 is 0 Å². The van der Waals surface area contributed by atoms with E-state index < -0.39 is 15.9 Å². The zero-order valence-corrected chi connectivity index (χ0v) is 16.7. The summed E-state index contributed by atoms with van der Waals surface area (Å²) >= 11 is 0. The number of benzene rings is 2. The molecule has 0 atom stereocenters. The van der Waals surface area contributed by atoms with Crippen LogP contribution >= 0.6 is 0 Å². The van der Waals surface area contributed by atoms with E-state index in [4.69, 9.17) is 4.42 Å². The molecule has 0 bridgehead atoms. The highest BCUT2D eigenvalue weighted by Gasteiger charge is 2.24. The summed E-state index contributed by atoms with van der Waals surface area (Å²) in [6.07, 6.45) is 4.07. The number of furan rings is 1. The first-order valence-corrected chi connectivity index (χ1v) is 10.8. The zero-order chi connectivity index (χ0) is 19.9. The van der Waals surface area contributed by atoms with Crippen LogP contribution in [-0.4, -0.2) is 27.9 Å². The van der Waals surface area contributed by atoms with E-state index in [0.717, 1.165) is 42.6 Å². The molecule has 3 aromatic rings. The van der Waals surface area contributed by atoms with E-state index in [2.05, 4.69) is 4.72 Å². The number of nitrogens with zero attached hydrogens (tertiary/aromatic N) is 1. The van der Waals surface area contributed by atoms with E-state index in [0.29, 0.717) is 11.0 Å². The van der Waals surface area contributed by atoms with Gasteiger partial charge in [-0.15, -0.1) is 0 Å². The van der Waals surface area contributed by atoms with Crippen LogP contribution in [0.3, 0.4) is 0 Å². The molecule has 2 heterocycles. The van der Waals surface area contributed by atoms with Crippen LogP contribution in [0, 0.1) is 0 Å². The molecule has 28 heavy (non-hydrogen) atoms. The van der Waals surface area contributed by atoms with Crippen LogP contribution in [0.5, 0.6) is 0 Å². The number of aryl methyl sites for hydroxylation is 2. The third-order valence-corrected chi connectivity index (χ3v) is 6.56. The average molecular weight is 398 g/mol. The molecule has 2 aromatic carbocycles. The van der Waals surface area contributed by atoms with Crippen LogP contribution in [0.1, 0.15) is 34.8 Å². The van der Waals surface area contributed by atoms with Gasteiger partial charge in [0.15, 0.2) is 0 Å². The van der Waals surface area contributed by atoms with E-state index in [1.54, 1.807) is 18.2 Å². The van der Waals surface area contributed by atoms with Gasteiger partial charge in [0.1, 0.15) is 11.8 Å². The standard InChI is InChI=1S/C21H22N2O4S/c1-3-14-6-9-20-17(11-14)18(13-27-20)21(24)22-28(25,26)16-8-7-15-5-4-10-23(2)19(15)12-16/h6-9,11-13H,3-5,10H2,1-2H3,(H,22,24). The number of nitrogens with one attached hydrogen (secondary N) is 1. The minimum absolute atomic E-state index is 0.0791. The Labute approximate surface area is 164 Å². The lowest BCUT2D eigenvalue weighted by Gasteiger charge is -2.27. The summed E-state index contributed by atoms with van der Waals surface area (Å²) in [6.45, 7) is 2.89. The van der Waals surface area contributed by atoms with Gasteiger partial charge in [0.05, 0.1) is 10.5 Å². The number of hydrogen-bond acceptors (Lipinski definition) is 5. The highest BCUT2D eigenvalue weighted by atomic mass is 32.2. The number of fused-ring (bicyclic) bond motifs is 2. The largest absolute Gasteiger partial charge is 0.463 e. The summed E-state index contributed by atoms with van der Waals surface area (Å²) in [5, 5.41) is 0.609. The van der Waals surface area contributed by atoms with Crippen molar-refractivity contribution >= 4 is 32.6 Å². The van der Waals surface area contributed by atoms with Crippen LogP contribution in [-0.2, 0) is 22.9 Å². The number of carbonyl (C=O) groups is 1. The number of sulfonamides is 1. The predicted molar refractivity (Wildman–Crippen MR) is 108 cm³/mol. The molecule has 1 N–H and O–H groups in total. The third-order valence-electron chi connectivity index (χ3n) is 5.24. The second kappa shape index (κ2) is 6.98. The molecule has 0 aliphatic carbocycles. The van der Waals surface area contributed by atoms with Crippen LogP contribution in [0.25, 0.3) is 11.0 Å². The Morgan fingerprint density at radius 1 is 1.21 bits per heavy atom. The molecule has 0 fully saturated rings. The first kappa shape index (κ1) is 18.6. The molecule has 4 rings (SSSR count). The first-order valence-electron chi connectivity index (χ1n) is 9.30. The lowest BCUT2D eigenvalue weighted by Crippen LogP contribution is -2.31. The minimum Gasteiger partial charge on any atom is -0.463 e. The number of rotatable bonds is 4. The summed E-state index contributed by atoms with van der Waals surface area (Å²) in [6, 6.07) is 10.6. The molecule has 0 radical (unpaired) electrons. The number of hydrogen-bond donors (Lipinski definition) is 1. The van der Waals surface area contributed by atoms with Crippen LogP contribution < -0.4 is 9.62 Å². The second-order valence-electron chi connectivity index (χ2n) is 7.08. The molecule has 0 unspecified atom stereocenters. The van der Waals surface area contributed by atoms with Crippen molar-refractivity contribution in [2.24, 2.45) is 0 Å². The molecule has 0 saturated carbocycles. The second-order valence-corrected chi connectivity index (χ2v) is 8.77. The Kier molecular flexibility index (Phi) is 4.63. The van der Waals surface area contributed by atoms with Gasteiger partial charge in [0.25, 0.3) is 15.9 Å². The molecule has 7 heteroatoms. The maximum Gasteiger partial charge on any atom is 0.268 e. The van der Waals surface area contributed by atoms with E-state index in [-0.39, 0.29) is 10.5 Å². The topological polar surface area (TPSA) is 79.6 Å². The SMILES string of the molecule is CCc1ccc2occ(C(=O)NS(=O)(=O)c3ccc4c(c3)N(C)CCC4)c2c1. The third kappa shape index (κ3) is 3.26. The van der Waals surface area contributed by atoms with Crippen molar-refractivity contribution in [2.75, 3.05) is 18.5 Å². The normalized spacial score (nSPS) is 14.1. The summed E-state index contributed by atoms with van der Waals surface area (Å²) in [5.41, 5.74) is 3.82. The first-order chi connectivity index (χ1) is 13.4. The van der Waals surface area contributed by atoms with E-state index in [9.17, 15) is 13.2 Å². The van der Waals surface area contributed by atoms with Gasteiger partial charge in [0.2, 0.25) is 0 Å². The van der Waals surface area contributed by atoms with Crippen molar-refractivity contribution in [1.82, 2.24) is 4.72 Å². The van der Waals surface area contributed by atoms with Crippen molar-refractivity contribution in [3.63, 3.8) is 0 Å². The van der Waals surface area contributed by atoms with E-state index in [1.807, 2.05) is 37.1 Å². The summed E-state index contributed by atoms with van der Waals surface area (Å²) < 4.78 is 33.2. The van der Waals surface area contributed by atoms with Crippen molar-refractivity contribution in [1.29, 1.82) is 0 Å². The monoisotopic (exact) mass is 398 g/mol. The van der Waals surface area contributed by atoms with E-state index in [1.165, 1.54) is 6.26 Å². The highest BCUT2D eigenvalue weighted by Crippen LogP contribution is 2.29. The highest BCUT2D eigenvalue weighted by molar-refractivity contribution is 7.90. The smallest absolute Gasteiger partial charge is 0.268 e. The molecule has 1 amide bonds. The van der Waals surface area contributed by atoms with Gasteiger partial charge in [-0.05, 0) is 54.7 Å². The van der Waals surface area contributed by atoms with Gasteiger partial charge >= 0.3 is 0 Å². The molecule has 146 valence electrons. The lowest BCUT2D eigenvalue weighted by atomic mass is 10.0. The Hall–Kier alpha value is -2.80. The number of amides is 1. The molecule has 1 aromatic heterocycles. The van der Waals surface area contributed by atoms with Crippen molar-refractivity contribution in [3.05, 3.63) is 59.4 Å². The van der Waals surface area contributed by atoms with Crippen molar-refractivity contribution in [3.8, 4) is 0 Å². The summed E-state index contributed by atoms with van der Waals surface area (Å²) in [4.78, 5) is 14.8. The molecule has 6 nitrogen and oxygen atoms in total. The van der Waals surface area contributed by atoms with Gasteiger partial charge in [-0.3, -0.25) is 4.79 Å². The fourth-order valence-electron chi connectivity index (χ4n) is 3.61. The van der Waals surface area contributed by atoms with Crippen molar-refractivity contribution < 1.29 is 17.6 Å². The minimum atomic E-state index is -3.99. The molecule has 1 aliphatic heterocycles. The molecular weight excluding hydrogens is 376 g/mol. The summed E-state index contributed by atoms with van der Waals surface area (Å²) in [5.74, 6) is -0.696. The van der Waals surface area contributed by atoms with Gasteiger partial charge in [-0.1, -0.05) is 19.1 Å². The van der Waals surface area contributed by atoms with Gasteiger partial charge < -0.3 is 9.32 Å². The quantitative estimate of drug-likeness (QED) is 0.728. The van der Waals surface area contributed by atoms with Gasteiger partial charge in [-0.25, -0.2) is 13.1 Å². The summed E-state index contributed by atoms with van der Waals surface area (Å²) in [7, 11) is -2.05. The van der Waals surface area contributed by atoms with Crippen LogP contribution in [0.4, 0.5) is 5.69 Å². The fourth-order valence-corrected chi connectivity index (χ4v) is 4.60. The Balaban J connectivity index is 1.65. The number of anilines is 1. The Morgan fingerprint density at radius 2 is 2.04 bits per heavy atom. The van der Waals surface area contributed by atoms with Gasteiger partial charge in [-0.2, -0.15) is 0 Å². The molecular formula is C21H22N2O4S. The van der Waals surface area contributed by atoms with Crippen LogP contribution in [0.15, 0.2) is 52.0 Å². The molecule has 0 saturated heterocycles. The van der Waals surface area contributed by atoms with Crippen LogP contribution in [0.2, 0.25) is 0 Å².